The van der Waals surface area contributed by atoms with Crippen molar-refractivity contribution < 1.29 is 4.79 Å². The van der Waals surface area contributed by atoms with Gasteiger partial charge >= 0.3 is 0 Å². The summed E-state index contributed by atoms with van der Waals surface area (Å²) < 4.78 is 1.86. The highest BCUT2D eigenvalue weighted by molar-refractivity contribution is 6.30. The van der Waals surface area contributed by atoms with E-state index in [1.54, 1.807) is 4.90 Å². The van der Waals surface area contributed by atoms with Gasteiger partial charge in [0.05, 0.1) is 11.4 Å². The van der Waals surface area contributed by atoms with Crippen LogP contribution in [0.2, 0.25) is 5.02 Å². The van der Waals surface area contributed by atoms with Crippen molar-refractivity contribution in [3.05, 3.63) is 107 Å². The van der Waals surface area contributed by atoms with E-state index in [9.17, 15) is 4.79 Å². The van der Waals surface area contributed by atoms with E-state index in [0.29, 0.717) is 18.0 Å². The average molecular weight is 430 g/mol. The normalized spacial score (nSPS) is 10.8. The lowest BCUT2D eigenvalue weighted by Gasteiger charge is -2.17. The van der Waals surface area contributed by atoms with Crippen LogP contribution in [0.25, 0.3) is 16.9 Å². The smallest absolute Gasteiger partial charge is 0.222 e. The number of halogens is 1. The summed E-state index contributed by atoms with van der Waals surface area (Å²) in [5.74, 6) is 0.110. The Hall–Kier alpha value is -3.37. The molecule has 4 aromatic rings. The number of carbonyl (C=O) groups is 1. The first kappa shape index (κ1) is 20.9. The minimum Gasteiger partial charge on any atom is -0.341 e. The molecular weight excluding hydrogens is 406 g/mol. The molecule has 1 aromatic heterocycles. The van der Waals surface area contributed by atoms with Crippen molar-refractivity contribution >= 4 is 17.5 Å². The molecule has 0 bridgehead atoms. The summed E-state index contributed by atoms with van der Waals surface area (Å²) in [4.78, 5) is 14.5. The van der Waals surface area contributed by atoms with Gasteiger partial charge < -0.3 is 4.90 Å². The van der Waals surface area contributed by atoms with E-state index in [0.717, 1.165) is 28.9 Å². The van der Waals surface area contributed by atoms with Crippen molar-refractivity contribution in [2.24, 2.45) is 0 Å². The van der Waals surface area contributed by atoms with Gasteiger partial charge in [-0.1, -0.05) is 72.3 Å². The van der Waals surface area contributed by atoms with Crippen molar-refractivity contribution in [2.75, 3.05) is 7.05 Å². The summed E-state index contributed by atoms with van der Waals surface area (Å²) in [7, 11) is 1.85. The fourth-order valence-electron chi connectivity index (χ4n) is 3.52. The van der Waals surface area contributed by atoms with E-state index in [1.807, 2.05) is 90.7 Å². The van der Waals surface area contributed by atoms with Gasteiger partial charge in [-0.15, -0.1) is 0 Å². The predicted molar refractivity (Wildman–Crippen MR) is 125 cm³/mol. The van der Waals surface area contributed by atoms with Gasteiger partial charge in [0.2, 0.25) is 5.91 Å². The maximum Gasteiger partial charge on any atom is 0.222 e. The molecule has 0 saturated heterocycles. The van der Waals surface area contributed by atoms with Crippen molar-refractivity contribution in [3.63, 3.8) is 0 Å². The van der Waals surface area contributed by atoms with Gasteiger partial charge in [-0.05, 0) is 36.2 Å². The molecule has 4 rings (SSSR count). The number of hydrogen-bond donors (Lipinski definition) is 0. The Morgan fingerprint density at radius 3 is 2.26 bits per heavy atom. The van der Waals surface area contributed by atoms with Crippen LogP contribution in [0.5, 0.6) is 0 Å². The van der Waals surface area contributed by atoms with Crippen LogP contribution in [0, 0.1) is 0 Å². The van der Waals surface area contributed by atoms with Gasteiger partial charge in [0, 0.05) is 42.4 Å². The number of carbonyl (C=O) groups excluding carboxylic acids is 1. The second-order valence-electron chi connectivity index (χ2n) is 7.53. The molecule has 5 heteroatoms. The van der Waals surface area contributed by atoms with Gasteiger partial charge in [0.1, 0.15) is 0 Å². The average Bonchev–Trinajstić information content (AvgIpc) is 3.23. The van der Waals surface area contributed by atoms with Gasteiger partial charge in [0.15, 0.2) is 0 Å². The minimum atomic E-state index is 0.110. The summed E-state index contributed by atoms with van der Waals surface area (Å²) in [6, 6.07) is 27.7. The zero-order chi connectivity index (χ0) is 21.6. The Morgan fingerprint density at radius 1 is 0.935 bits per heavy atom. The molecule has 0 atom stereocenters. The first-order valence-corrected chi connectivity index (χ1v) is 10.7. The molecule has 0 spiro atoms. The van der Waals surface area contributed by atoms with E-state index < -0.39 is 0 Å². The van der Waals surface area contributed by atoms with E-state index in [2.05, 4.69) is 12.1 Å². The Bertz CT molecular complexity index is 1140. The van der Waals surface area contributed by atoms with Gasteiger partial charge in [-0.25, -0.2) is 4.68 Å². The molecule has 3 aromatic carbocycles. The molecule has 4 nitrogen and oxygen atoms in total. The quantitative estimate of drug-likeness (QED) is 0.373. The minimum absolute atomic E-state index is 0.110. The van der Waals surface area contributed by atoms with E-state index in [4.69, 9.17) is 16.7 Å². The van der Waals surface area contributed by atoms with Crippen LogP contribution in [0.4, 0.5) is 0 Å². The van der Waals surface area contributed by atoms with Crippen LogP contribution in [-0.2, 0) is 17.8 Å². The molecule has 0 unspecified atom stereocenters. The van der Waals surface area contributed by atoms with E-state index >= 15 is 0 Å². The molecule has 0 radical (unpaired) electrons. The molecule has 0 N–H and O–H groups in total. The number of nitrogens with zero attached hydrogens (tertiary/aromatic N) is 3. The molecule has 0 aliphatic rings. The number of para-hydroxylation sites is 1. The van der Waals surface area contributed by atoms with E-state index in [1.165, 1.54) is 5.56 Å². The maximum absolute atomic E-state index is 12.8. The fraction of sp³-hybridized carbons (Fsp3) is 0.154. The first-order chi connectivity index (χ1) is 15.1. The van der Waals surface area contributed by atoms with Crippen LogP contribution in [0.3, 0.4) is 0 Å². The van der Waals surface area contributed by atoms with Gasteiger partial charge in [0.25, 0.3) is 0 Å². The zero-order valence-electron chi connectivity index (χ0n) is 17.4. The van der Waals surface area contributed by atoms with Crippen molar-refractivity contribution in [3.8, 4) is 16.9 Å². The van der Waals surface area contributed by atoms with E-state index in [-0.39, 0.29) is 5.91 Å². The third kappa shape index (κ3) is 5.22. The van der Waals surface area contributed by atoms with Crippen LogP contribution in [0.15, 0.2) is 91.1 Å². The standard InChI is InChI=1S/C26H24ClN3O/c1-29(25(31)17-12-20-8-4-2-5-9-20)18-22-19-30(24-10-6-3-7-11-24)28-26(22)21-13-15-23(27)16-14-21/h2-11,13-16,19H,12,17-18H2,1H3. The number of hydrogen-bond acceptors (Lipinski definition) is 2. The molecule has 156 valence electrons. The largest absolute Gasteiger partial charge is 0.341 e. The Morgan fingerprint density at radius 2 is 1.58 bits per heavy atom. The number of benzene rings is 3. The molecule has 0 aliphatic carbocycles. The zero-order valence-corrected chi connectivity index (χ0v) is 18.2. The Kier molecular flexibility index (Phi) is 6.48. The molecule has 0 aliphatic heterocycles. The Labute approximate surface area is 187 Å². The molecule has 1 amide bonds. The fourth-order valence-corrected chi connectivity index (χ4v) is 3.65. The third-order valence-electron chi connectivity index (χ3n) is 5.23. The highest BCUT2D eigenvalue weighted by atomic mass is 35.5. The second-order valence-corrected chi connectivity index (χ2v) is 7.96. The SMILES string of the molecule is CN(Cc1cn(-c2ccccc2)nc1-c1ccc(Cl)cc1)C(=O)CCc1ccccc1. The van der Waals surface area contributed by atoms with Crippen molar-refractivity contribution in [2.45, 2.75) is 19.4 Å². The lowest BCUT2D eigenvalue weighted by atomic mass is 10.1. The molecule has 1 heterocycles. The number of rotatable bonds is 7. The van der Waals surface area contributed by atoms with Crippen LogP contribution < -0.4 is 0 Å². The summed E-state index contributed by atoms with van der Waals surface area (Å²) in [6.45, 7) is 0.485. The molecule has 0 fully saturated rings. The van der Waals surface area contributed by atoms with Crippen molar-refractivity contribution in [1.29, 1.82) is 0 Å². The van der Waals surface area contributed by atoms with Gasteiger partial charge in [-0.2, -0.15) is 5.10 Å². The highest BCUT2D eigenvalue weighted by Crippen LogP contribution is 2.26. The second kappa shape index (κ2) is 9.63. The predicted octanol–water partition coefficient (Wildman–Crippen LogP) is 5.78. The molecule has 31 heavy (non-hydrogen) atoms. The number of aryl methyl sites for hydroxylation is 1. The first-order valence-electron chi connectivity index (χ1n) is 10.3. The third-order valence-corrected chi connectivity index (χ3v) is 5.48. The maximum atomic E-state index is 12.8. The van der Waals surface area contributed by atoms with Gasteiger partial charge in [-0.3, -0.25) is 4.79 Å². The molecular formula is C26H24ClN3O. The lowest BCUT2D eigenvalue weighted by Crippen LogP contribution is -2.26. The topological polar surface area (TPSA) is 38.1 Å². The highest BCUT2D eigenvalue weighted by Gasteiger charge is 2.17. The lowest BCUT2D eigenvalue weighted by molar-refractivity contribution is -0.130. The number of aromatic nitrogens is 2. The van der Waals surface area contributed by atoms with Crippen LogP contribution in [0.1, 0.15) is 17.5 Å². The monoisotopic (exact) mass is 429 g/mol. The summed E-state index contributed by atoms with van der Waals surface area (Å²) in [5.41, 5.74) is 4.95. The number of amides is 1. The van der Waals surface area contributed by atoms with Crippen molar-refractivity contribution in [1.82, 2.24) is 14.7 Å². The summed E-state index contributed by atoms with van der Waals surface area (Å²) in [6.07, 6.45) is 3.21. The summed E-state index contributed by atoms with van der Waals surface area (Å²) in [5, 5.41) is 5.50. The summed E-state index contributed by atoms with van der Waals surface area (Å²) >= 11 is 6.07. The van der Waals surface area contributed by atoms with Crippen LogP contribution >= 0.6 is 11.6 Å². The van der Waals surface area contributed by atoms with Crippen LogP contribution in [-0.4, -0.2) is 27.6 Å². The Balaban J connectivity index is 1.56. The molecule has 0 saturated carbocycles.